The van der Waals surface area contributed by atoms with E-state index in [0.717, 1.165) is 5.69 Å². The molecule has 0 aliphatic carbocycles. The van der Waals surface area contributed by atoms with E-state index < -0.39 is 0 Å². The van der Waals surface area contributed by atoms with Crippen LogP contribution in [0.4, 0.5) is 5.69 Å². The van der Waals surface area contributed by atoms with E-state index in [1.54, 1.807) is 17.7 Å². The third-order valence-electron chi connectivity index (χ3n) is 3.36. The van der Waals surface area contributed by atoms with Gasteiger partial charge in [-0.1, -0.05) is 23.8 Å². The van der Waals surface area contributed by atoms with Crippen molar-refractivity contribution in [3.05, 3.63) is 63.6 Å². The third kappa shape index (κ3) is 3.05. The maximum absolute atomic E-state index is 11.4. The van der Waals surface area contributed by atoms with E-state index in [0.29, 0.717) is 0 Å². The Kier molecular flexibility index (Phi) is 3.74. The summed E-state index contributed by atoms with van der Waals surface area (Å²) < 4.78 is 1.58. The molecule has 0 aliphatic rings. The van der Waals surface area contributed by atoms with Crippen molar-refractivity contribution in [2.75, 3.05) is 5.32 Å². The van der Waals surface area contributed by atoms with E-state index in [-0.39, 0.29) is 11.6 Å². The largest absolute Gasteiger partial charge is 0.377 e. The predicted molar refractivity (Wildman–Crippen MR) is 79.6 cm³/mol. The molecule has 0 aliphatic heterocycles. The standard InChI is InChI=1S/C16H20N2O/c1-11-5-7-15(12(2)9-11)13(3)17-14-6-8-16(19)18(4)10-14/h5-10,13,17H,1-4H3. The smallest absolute Gasteiger partial charge is 0.250 e. The van der Waals surface area contributed by atoms with Crippen LogP contribution in [0.25, 0.3) is 0 Å². The highest BCUT2D eigenvalue weighted by Crippen LogP contribution is 2.22. The van der Waals surface area contributed by atoms with E-state index >= 15 is 0 Å². The first-order chi connectivity index (χ1) is 8.97. The molecule has 1 N–H and O–H groups in total. The van der Waals surface area contributed by atoms with Crippen LogP contribution in [0.15, 0.2) is 41.3 Å². The Morgan fingerprint density at radius 3 is 2.53 bits per heavy atom. The molecule has 2 rings (SSSR count). The second-order valence-electron chi connectivity index (χ2n) is 5.09. The van der Waals surface area contributed by atoms with Gasteiger partial charge in [0.1, 0.15) is 0 Å². The number of aromatic nitrogens is 1. The minimum absolute atomic E-state index is 0.00437. The molecule has 1 aromatic heterocycles. The monoisotopic (exact) mass is 256 g/mol. The highest BCUT2D eigenvalue weighted by atomic mass is 16.1. The van der Waals surface area contributed by atoms with Gasteiger partial charge in [0.2, 0.25) is 5.56 Å². The van der Waals surface area contributed by atoms with E-state index in [9.17, 15) is 4.79 Å². The number of hydrogen-bond donors (Lipinski definition) is 1. The lowest BCUT2D eigenvalue weighted by Gasteiger charge is -2.18. The zero-order chi connectivity index (χ0) is 14.0. The van der Waals surface area contributed by atoms with Crippen LogP contribution in [0.5, 0.6) is 0 Å². The number of anilines is 1. The number of hydrogen-bond acceptors (Lipinski definition) is 2. The Morgan fingerprint density at radius 1 is 1.16 bits per heavy atom. The van der Waals surface area contributed by atoms with Crippen LogP contribution >= 0.6 is 0 Å². The van der Waals surface area contributed by atoms with Crippen molar-refractivity contribution in [3.63, 3.8) is 0 Å². The van der Waals surface area contributed by atoms with Gasteiger partial charge in [0.05, 0.1) is 5.69 Å². The number of aryl methyl sites for hydroxylation is 3. The van der Waals surface area contributed by atoms with Crippen molar-refractivity contribution in [1.29, 1.82) is 0 Å². The molecular formula is C16H20N2O. The van der Waals surface area contributed by atoms with E-state index in [1.807, 2.05) is 12.3 Å². The summed E-state index contributed by atoms with van der Waals surface area (Å²) in [5.41, 5.74) is 4.79. The first-order valence-corrected chi connectivity index (χ1v) is 6.48. The Balaban J connectivity index is 2.22. The van der Waals surface area contributed by atoms with Crippen molar-refractivity contribution < 1.29 is 0 Å². The average molecular weight is 256 g/mol. The van der Waals surface area contributed by atoms with Crippen LogP contribution in [0.2, 0.25) is 0 Å². The Bertz CT molecular complexity index is 643. The third-order valence-corrected chi connectivity index (χ3v) is 3.36. The van der Waals surface area contributed by atoms with E-state index in [4.69, 9.17) is 0 Å². The summed E-state index contributed by atoms with van der Waals surface area (Å²) in [7, 11) is 1.76. The zero-order valence-corrected chi connectivity index (χ0v) is 11.9. The fourth-order valence-corrected chi connectivity index (χ4v) is 2.32. The molecule has 1 atom stereocenters. The Morgan fingerprint density at radius 2 is 1.89 bits per heavy atom. The summed E-state index contributed by atoms with van der Waals surface area (Å²) in [6, 6.07) is 10.1. The summed E-state index contributed by atoms with van der Waals surface area (Å²) >= 11 is 0. The summed E-state index contributed by atoms with van der Waals surface area (Å²) in [6.07, 6.45) is 1.82. The van der Waals surface area contributed by atoms with Gasteiger partial charge < -0.3 is 9.88 Å². The van der Waals surface area contributed by atoms with Crippen LogP contribution in [-0.4, -0.2) is 4.57 Å². The molecule has 1 aromatic carbocycles. The minimum atomic E-state index is 0.00437. The molecule has 0 saturated heterocycles. The van der Waals surface area contributed by atoms with Gasteiger partial charge in [-0.25, -0.2) is 0 Å². The minimum Gasteiger partial charge on any atom is -0.377 e. The topological polar surface area (TPSA) is 34.0 Å². The second-order valence-corrected chi connectivity index (χ2v) is 5.09. The van der Waals surface area contributed by atoms with Crippen molar-refractivity contribution in [3.8, 4) is 0 Å². The Hall–Kier alpha value is -2.03. The Labute approximate surface area is 113 Å². The van der Waals surface area contributed by atoms with E-state index in [1.165, 1.54) is 16.7 Å². The predicted octanol–water partition coefficient (Wildman–Crippen LogP) is 3.18. The number of pyridine rings is 1. The molecule has 100 valence electrons. The molecule has 1 unspecified atom stereocenters. The normalized spacial score (nSPS) is 12.2. The molecule has 1 heterocycles. The SMILES string of the molecule is Cc1ccc(C(C)Nc2ccc(=O)n(C)c2)c(C)c1. The number of benzene rings is 1. The lowest BCUT2D eigenvalue weighted by atomic mass is 10.0. The van der Waals surface area contributed by atoms with Crippen LogP contribution in [-0.2, 0) is 7.05 Å². The fraction of sp³-hybridized carbons (Fsp3) is 0.312. The molecule has 0 amide bonds. The quantitative estimate of drug-likeness (QED) is 0.915. The van der Waals surface area contributed by atoms with Crippen LogP contribution in [0, 0.1) is 13.8 Å². The van der Waals surface area contributed by atoms with E-state index in [2.05, 4.69) is 44.3 Å². The van der Waals surface area contributed by atoms with Crippen LogP contribution in [0.1, 0.15) is 29.7 Å². The lowest BCUT2D eigenvalue weighted by molar-refractivity contribution is 0.836. The molecule has 3 heteroatoms. The highest BCUT2D eigenvalue weighted by Gasteiger charge is 2.08. The first-order valence-electron chi connectivity index (χ1n) is 6.48. The van der Waals surface area contributed by atoms with Crippen molar-refractivity contribution in [2.45, 2.75) is 26.8 Å². The average Bonchev–Trinajstić information content (AvgIpc) is 2.33. The fourth-order valence-electron chi connectivity index (χ4n) is 2.32. The summed E-state index contributed by atoms with van der Waals surface area (Å²) in [5, 5.41) is 3.43. The molecular weight excluding hydrogens is 236 g/mol. The maximum atomic E-state index is 11.4. The first kappa shape index (κ1) is 13.4. The molecule has 2 aromatic rings. The van der Waals surface area contributed by atoms with Gasteiger partial charge in [-0.3, -0.25) is 4.79 Å². The van der Waals surface area contributed by atoms with Crippen LogP contribution < -0.4 is 10.9 Å². The van der Waals surface area contributed by atoms with Crippen molar-refractivity contribution >= 4 is 5.69 Å². The van der Waals surface area contributed by atoms with Crippen molar-refractivity contribution in [2.24, 2.45) is 7.05 Å². The molecule has 0 spiro atoms. The molecule has 3 nitrogen and oxygen atoms in total. The maximum Gasteiger partial charge on any atom is 0.250 e. The summed E-state index contributed by atoms with van der Waals surface area (Å²) in [6.45, 7) is 6.35. The van der Waals surface area contributed by atoms with Gasteiger partial charge >= 0.3 is 0 Å². The summed E-state index contributed by atoms with van der Waals surface area (Å²) in [4.78, 5) is 11.4. The van der Waals surface area contributed by atoms with Gasteiger partial charge in [-0.05, 0) is 38.0 Å². The van der Waals surface area contributed by atoms with Gasteiger partial charge in [0, 0.05) is 25.4 Å². The van der Waals surface area contributed by atoms with Crippen molar-refractivity contribution in [1.82, 2.24) is 4.57 Å². The number of rotatable bonds is 3. The number of nitrogens with one attached hydrogen (secondary N) is 1. The lowest BCUT2D eigenvalue weighted by Crippen LogP contribution is -2.16. The number of nitrogens with zero attached hydrogens (tertiary/aromatic N) is 1. The molecule has 0 bridgehead atoms. The molecule has 0 radical (unpaired) electrons. The van der Waals surface area contributed by atoms with Gasteiger partial charge in [0.15, 0.2) is 0 Å². The second kappa shape index (κ2) is 5.31. The van der Waals surface area contributed by atoms with Gasteiger partial charge in [-0.2, -0.15) is 0 Å². The summed E-state index contributed by atoms with van der Waals surface area (Å²) in [5.74, 6) is 0. The molecule has 0 saturated carbocycles. The molecule has 0 fully saturated rings. The zero-order valence-electron chi connectivity index (χ0n) is 11.9. The van der Waals surface area contributed by atoms with Gasteiger partial charge in [-0.15, -0.1) is 0 Å². The van der Waals surface area contributed by atoms with Gasteiger partial charge in [0.25, 0.3) is 0 Å². The highest BCUT2D eigenvalue weighted by molar-refractivity contribution is 5.44. The molecule has 19 heavy (non-hydrogen) atoms. The van der Waals surface area contributed by atoms with Crippen LogP contribution in [0.3, 0.4) is 0 Å².